The molecule has 1 aliphatic rings. The number of aromatic hydroxyl groups is 1. The van der Waals surface area contributed by atoms with Crippen molar-refractivity contribution < 1.29 is 24.5 Å². The summed E-state index contributed by atoms with van der Waals surface area (Å²) in [6.07, 6.45) is -0.173. The predicted molar refractivity (Wildman–Crippen MR) is 91.4 cm³/mol. The number of carbonyl (C=O) groups excluding carboxylic acids is 1. The molecule has 0 aromatic heterocycles. The third-order valence-corrected chi connectivity index (χ3v) is 4.60. The molecule has 0 saturated carbocycles. The second kappa shape index (κ2) is 7.09. The third kappa shape index (κ3) is 3.97. The standard InChI is InChI=1S/C13H13I2NO5/c14-7-3-9(12(19)10(15)4-7)13(20)16-1-2-21-6-8(16)5-11(17)18/h3-4,8,19H,1-2,5-6H2,(H,17,18). The first kappa shape index (κ1) is 16.7. The van der Waals surface area contributed by atoms with Gasteiger partial charge < -0.3 is 19.8 Å². The lowest BCUT2D eigenvalue weighted by molar-refractivity contribution is -0.139. The Kier molecular flexibility index (Phi) is 5.66. The van der Waals surface area contributed by atoms with Crippen molar-refractivity contribution >= 4 is 57.1 Å². The van der Waals surface area contributed by atoms with Crippen LogP contribution in [0.25, 0.3) is 0 Å². The van der Waals surface area contributed by atoms with Gasteiger partial charge in [0.25, 0.3) is 5.91 Å². The number of amides is 1. The molecule has 1 unspecified atom stereocenters. The summed E-state index contributed by atoms with van der Waals surface area (Å²) in [6, 6.07) is 2.85. The van der Waals surface area contributed by atoms with E-state index >= 15 is 0 Å². The fourth-order valence-corrected chi connectivity index (χ4v) is 4.02. The molecule has 6 nitrogen and oxygen atoms in total. The van der Waals surface area contributed by atoms with Crippen molar-refractivity contribution in [2.45, 2.75) is 12.5 Å². The monoisotopic (exact) mass is 517 g/mol. The normalized spacial score (nSPS) is 18.6. The van der Waals surface area contributed by atoms with Gasteiger partial charge in [0.1, 0.15) is 5.75 Å². The number of benzene rings is 1. The number of phenolic OH excluding ortho intramolecular Hbond substituents is 1. The lowest BCUT2D eigenvalue weighted by Gasteiger charge is -2.35. The minimum absolute atomic E-state index is 0.0680. The molecule has 1 heterocycles. The minimum Gasteiger partial charge on any atom is -0.506 e. The first-order valence-corrected chi connectivity index (χ1v) is 8.34. The summed E-state index contributed by atoms with van der Waals surface area (Å²) in [5.74, 6) is -1.41. The summed E-state index contributed by atoms with van der Waals surface area (Å²) < 4.78 is 6.68. The average molecular weight is 517 g/mol. The van der Waals surface area contributed by atoms with Gasteiger partial charge in [-0.25, -0.2) is 0 Å². The van der Waals surface area contributed by atoms with Gasteiger partial charge in [-0.05, 0) is 57.3 Å². The van der Waals surface area contributed by atoms with Gasteiger partial charge in [0, 0.05) is 10.1 Å². The number of carbonyl (C=O) groups is 2. The SMILES string of the molecule is O=C(O)CC1COCCN1C(=O)c1cc(I)cc(I)c1O. The number of morpholine rings is 1. The first-order valence-electron chi connectivity index (χ1n) is 6.18. The second-order valence-electron chi connectivity index (χ2n) is 4.61. The second-order valence-corrected chi connectivity index (χ2v) is 7.02. The molecule has 1 saturated heterocycles. The van der Waals surface area contributed by atoms with Crippen molar-refractivity contribution in [1.29, 1.82) is 0 Å². The average Bonchev–Trinajstić information content (AvgIpc) is 2.42. The summed E-state index contributed by atoms with van der Waals surface area (Å²) in [7, 11) is 0. The fourth-order valence-electron chi connectivity index (χ4n) is 2.18. The lowest BCUT2D eigenvalue weighted by Crippen LogP contribution is -2.49. The molecule has 2 N–H and O–H groups in total. The van der Waals surface area contributed by atoms with E-state index in [-0.39, 0.29) is 30.2 Å². The zero-order valence-corrected chi connectivity index (χ0v) is 15.2. The maximum absolute atomic E-state index is 12.6. The van der Waals surface area contributed by atoms with Crippen molar-refractivity contribution in [2.75, 3.05) is 19.8 Å². The summed E-state index contributed by atoms with van der Waals surface area (Å²) in [5, 5.41) is 19.0. The highest BCUT2D eigenvalue weighted by molar-refractivity contribution is 14.1. The number of rotatable bonds is 3. The summed E-state index contributed by atoms with van der Waals surface area (Å²) >= 11 is 4.03. The van der Waals surface area contributed by atoms with Crippen molar-refractivity contribution in [2.24, 2.45) is 0 Å². The summed E-state index contributed by atoms with van der Waals surface area (Å²) in [5.41, 5.74) is 0.198. The van der Waals surface area contributed by atoms with Crippen LogP contribution < -0.4 is 0 Å². The van der Waals surface area contributed by atoms with Gasteiger partial charge in [-0.2, -0.15) is 0 Å². The zero-order chi connectivity index (χ0) is 15.6. The Balaban J connectivity index is 2.31. The number of phenols is 1. The van der Waals surface area contributed by atoms with Gasteiger partial charge in [-0.1, -0.05) is 0 Å². The summed E-state index contributed by atoms with van der Waals surface area (Å²) in [6.45, 7) is 0.877. The van der Waals surface area contributed by atoms with Crippen molar-refractivity contribution in [3.63, 3.8) is 0 Å². The molecule has 1 aliphatic heterocycles. The van der Waals surface area contributed by atoms with Gasteiger partial charge in [-0.15, -0.1) is 0 Å². The molecule has 1 atom stereocenters. The van der Waals surface area contributed by atoms with E-state index in [1.165, 1.54) is 4.90 Å². The van der Waals surface area contributed by atoms with Crippen LogP contribution in [0.1, 0.15) is 16.8 Å². The molecule has 114 valence electrons. The van der Waals surface area contributed by atoms with Gasteiger partial charge in [0.2, 0.25) is 0 Å². The van der Waals surface area contributed by atoms with Gasteiger partial charge in [0.15, 0.2) is 0 Å². The number of aliphatic carboxylic acids is 1. The highest BCUT2D eigenvalue weighted by Gasteiger charge is 2.31. The quantitative estimate of drug-likeness (QED) is 0.599. The summed E-state index contributed by atoms with van der Waals surface area (Å²) in [4.78, 5) is 25.0. The maximum atomic E-state index is 12.6. The van der Waals surface area contributed by atoms with E-state index in [2.05, 4.69) is 22.6 Å². The van der Waals surface area contributed by atoms with E-state index in [1.807, 2.05) is 22.6 Å². The molecule has 8 heteroatoms. The van der Waals surface area contributed by atoms with E-state index in [0.29, 0.717) is 16.7 Å². The molecule has 1 amide bonds. The smallest absolute Gasteiger partial charge is 0.305 e. The number of hydrogen-bond donors (Lipinski definition) is 2. The van der Waals surface area contributed by atoms with Crippen LogP contribution in [0.2, 0.25) is 0 Å². The molecule has 0 radical (unpaired) electrons. The number of nitrogens with zero attached hydrogens (tertiary/aromatic N) is 1. The van der Waals surface area contributed by atoms with E-state index in [1.54, 1.807) is 12.1 Å². The van der Waals surface area contributed by atoms with Crippen molar-refractivity contribution in [3.8, 4) is 5.75 Å². The van der Waals surface area contributed by atoms with Gasteiger partial charge >= 0.3 is 5.97 Å². The van der Waals surface area contributed by atoms with Crippen LogP contribution in [-0.2, 0) is 9.53 Å². The lowest BCUT2D eigenvalue weighted by atomic mass is 10.1. The number of ether oxygens (including phenoxy) is 1. The van der Waals surface area contributed by atoms with E-state index in [4.69, 9.17) is 9.84 Å². The van der Waals surface area contributed by atoms with Crippen LogP contribution in [-0.4, -0.2) is 52.8 Å². The predicted octanol–water partition coefficient (Wildman–Crippen LogP) is 1.92. The van der Waals surface area contributed by atoms with Crippen LogP contribution in [0.3, 0.4) is 0 Å². The zero-order valence-electron chi connectivity index (χ0n) is 10.9. The molecule has 0 spiro atoms. The number of carboxylic acids is 1. The van der Waals surface area contributed by atoms with E-state index in [9.17, 15) is 14.7 Å². The highest BCUT2D eigenvalue weighted by Crippen LogP contribution is 2.29. The van der Waals surface area contributed by atoms with Crippen molar-refractivity contribution in [1.82, 2.24) is 4.90 Å². The molecule has 0 bridgehead atoms. The largest absolute Gasteiger partial charge is 0.506 e. The number of hydrogen-bond acceptors (Lipinski definition) is 4. The number of carboxylic acid groups (broad SMARTS) is 1. The molecule has 1 aromatic carbocycles. The molecular formula is C13H13I2NO5. The van der Waals surface area contributed by atoms with Crippen LogP contribution in [0, 0.1) is 7.14 Å². The Morgan fingerprint density at radius 2 is 2.10 bits per heavy atom. The van der Waals surface area contributed by atoms with Gasteiger partial charge in [0.05, 0.1) is 34.8 Å². The third-order valence-electron chi connectivity index (χ3n) is 3.16. The van der Waals surface area contributed by atoms with Crippen LogP contribution in [0.15, 0.2) is 12.1 Å². The Bertz CT molecular complexity index is 578. The van der Waals surface area contributed by atoms with Crippen LogP contribution >= 0.6 is 45.2 Å². The topological polar surface area (TPSA) is 87.1 Å². The Morgan fingerprint density at radius 3 is 2.76 bits per heavy atom. The fraction of sp³-hybridized carbons (Fsp3) is 0.385. The maximum Gasteiger partial charge on any atom is 0.305 e. The van der Waals surface area contributed by atoms with Gasteiger partial charge in [-0.3, -0.25) is 9.59 Å². The molecule has 0 aliphatic carbocycles. The Morgan fingerprint density at radius 1 is 1.38 bits per heavy atom. The van der Waals surface area contributed by atoms with Crippen LogP contribution in [0.5, 0.6) is 5.75 Å². The van der Waals surface area contributed by atoms with Crippen LogP contribution in [0.4, 0.5) is 0 Å². The number of halogens is 2. The highest BCUT2D eigenvalue weighted by atomic mass is 127. The minimum atomic E-state index is -0.982. The Labute approximate surface area is 148 Å². The van der Waals surface area contributed by atoms with E-state index < -0.39 is 12.0 Å². The molecular weight excluding hydrogens is 504 g/mol. The Hall–Kier alpha value is -0.620. The molecule has 21 heavy (non-hydrogen) atoms. The first-order chi connectivity index (χ1) is 9.90. The molecule has 2 rings (SSSR count). The van der Waals surface area contributed by atoms with Crippen molar-refractivity contribution in [3.05, 3.63) is 24.8 Å². The van der Waals surface area contributed by atoms with E-state index in [0.717, 1.165) is 3.57 Å². The molecule has 1 aromatic rings. The molecule has 1 fully saturated rings.